The smallest absolute Gasteiger partial charge is 0.242 e. The van der Waals surface area contributed by atoms with Gasteiger partial charge in [-0.05, 0) is 42.3 Å². The Labute approximate surface area is 309 Å². The van der Waals surface area contributed by atoms with E-state index in [0.717, 1.165) is 27.7 Å². The molecule has 53 heavy (non-hydrogen) atoms. The molecule has 1 aliphatic rings. The van der Waals surface area contributed by atoms with E-state index in [9.17, 15) is 9.59 Å². The average Bonchev–Trinajstić information content (AvgIpc) is 3.68. The normalized spacial score (nSPS) is 13.5. The summed E-state index contributed by atoms with van der Waals surface area (Å²) in [5.74, 6) is 0.577. The maximum Gasteiger partial charge on any atom is 0.242 e. The monoisotopic (exact) mass is 715 g/mol. The van der Waals surface area contributed by atoms with E-state index in [1.54, 1.807) is 23.2 Å². The zero-order valence-corrected chi connectivity index (χ0v) is 29.7. The highest BCUT2D eigenvalue weighted by Gasteiger charge is 2.32. The summed E-state index contributed by atoms with van der Waals surface area (Å²) in [7, 11) is 0. The number of aromatic nitrogens is 2. The van der Waals surface area contributed by atoms with Crippen molar-refractivity contribution in [1.82, 2.24) is 25.3 Å². The lowest BCUT2D eigenvalue weighted by Crippen LogP contribution is -2.62. The molecule has 3 heterocycles. The fourth-order valence-corrected chi connectivity index (χ4v) is 5.42. The van der Waals surface area contributed by atoms with E-state index in [4.69, 9.17) is 25.9 Å². The van der Waals surface area contributed by atoms with Crippen LogP contribution in [0.3, 0.4) is 0 Å². The molecule has 4 aromatic carbocycles. The molecule has 2 amide bonds. The third-order valence-corrected chi connectivity index (χ3v) is 8.20. The zero-order valence-electron chi connectivity index (χ0n) is 29.7. The number of fused-ring (bicyclic) bond motifs is 1. The first-order chi connectivity index (χ1) is 25.8. The maximum absolute atomic E-state index is 12.8. The van der Waals surface area contributed by atoms with Crippen molar-refractivity contribution >= 4 is 29.5 Å². The van der Waals surface area contributed by atoms with Gasteiger partial charge >= 0.3 is 0 Å². The van der Waals surface area contributed by atoms with Crippen molar-refractivity contribution in [3.8, 4) is 17.0 Å². The first kappa shape index (κ1) is 39.6. The number of nitrogens with two attached hydrogens (primary N) is 2. The van der Waals surface area contributed by atoms with Crippen molar-refractivity contribution in [3.05, 3.63) is 150 Å². The third-order valence-electron chi connectivity index (χ3n) is 8.20. The van der Waals surface area contributed by atoms with E-state index in [2.05, 4.69) is 15.5 Å². The van der Waals surface area contributed by atoms with Gasteiger partial charge in [-0.1, -0.05) is 102 Å². The summed E-state index contributed by atoms with van der Waals surface area (Å²) in [4.78, 5) is 41.1. The standard InChI is InChI=1S/C26H26N6O3.C7H9N.C7H8O.CH2O/c27-24-16-31(15-19-8-4-10-22-21(19)9-5-11-29-22)26(34)17-32(24)25(33)14-28-13-20-12-23(30-35-20)18-6-2-1-3-7-18;8-6-7-4-2-1-3-5-7;1-6-2-4-7(8)5-3-6;1-2/h1-12,24,28H,13-17,27H2;1-5H,6,8H2;2-5,8H,1H3;1H2. The second-order valence-electron chi connectivity index (χ2n) is 12.0. The number of carbonyl (C=O) groups is 3. The zero-order chi connectivity index (χ0) is 38.0. The summed E-state index contributed by atoms with van der Waals surface area (Å²) in [6.45, 7) is 5.64. The molecule has 7 rings (SSSR count). The van der Waals surface area contributed by atoms with Crippen LogP contribution in [-0.2, 0) is 34.0 Å². The second kappa shape index (κ2) is 20.6. The third kappa shape index (κ3) is 11.9. The van der Waals surface area contributed by atoms with Gasteiger partial charge in [-0.25, -0.2) is 0 Å². The molecule has 1 unspecified atom stereocenters. The molecule has 1 aliphatic heterocycles. The molecule has 1 fully saturated rings. The Morgan fingerprint density at radius 2 is 1.64 bits per heavy atom. The molecule has 0 saturated carbocycles. The molecule has 6 N–H and O–H groups in total. The van der Waals surface area contributed by atoms with E-state index < -0.39 is 6.17 Å². The minimum Gasteiger partial charge on any atom is -0.508 e. The summed E-state index contributed by atoms with van der Waals surface area (Å²) >= 11 is 0. The number of nitrogens with one attached hydrogen (secondary N) is 1. The van der Waals surface area contributed by atoms with E-state index in [1.165, 1.54) is 16.0 Å². The van der Waals surface area contributed by atoms with Gasteiger partial charge in [0.25, 0.3) is 0 Å². The summed E-state index contributed by atoms with van der Waals surface area (Å²) in [6, 6.07) is 38.4. The molecule has 1 atom stereocenters. The van der Waals surface area contributed by atoms with Crippen LogP contribution in [0, 0.1) is 6.92 Å². The molecular formula is C41H45N7O5. The lowest BCUT2D eigenvalue weighted by molar-refractivity contribution is -0.148. The fraction of sp³-hybridized carbons (Fsp3) is 0.195. The minimum absolute atomic E-state index is 0.0390. The van der Waals surface area contributed by atoms with Gasteiger partial charge in [-0.2, -0.15) is 0 Å². The summed E-state index contributed by atoms with van der Waals surface area (Å²) in [5.41, 5.74) is 17.6. The van der Waals surface area contributed by atoms with Gasteiger partial charge in [-0.15, -0.1) is 0 Å². The van der Waals surface area contributed by atoms with Crippen LogP contribution < -0.4 is 16.8 Å². The number of rotatable bonds is 8. The van der Waals surface area contributed by atoms with Crippen molar-refractivity contribution in [2.75, 3.05) is 19.6 Å². The van der Waals surface area contributed by atoms with Crippen LogP contribution in [0.1, 0.15) is 22.5 Å². The molecule has 12 nitrogen and oxygen atoms in total. The first-order valence-electron chi connectivity index (χ1n) is 17.0. The summed E-state index contributed by atoms with van der Waals surface area (Å²) < 4.78 is 5.36. The number of aryl methyl sites for hydroxylation is 1. The second-order valence-corrected chi connectivity index (χ2v) is 12.0. The number of piperazine rings is 1. The van der Waals surface area contributed by atoms with Crippen LogP contribution in [0.2, 0.25) is 0 Å². The number of nitrogens with zero attached hydrogens (tertiary/aromatic N) is 4. The Bertz CT molecular complexity index is 1980. The van der Waals surface area contributed by atoms with Crippen molar-refractivity contribution in [3.63, 3.8) is 0 Å². The van der Waals surface area contributed by atoms with Gasteiger partial charge in [-0.3, -0.25) is 14.6 Å². The number of aromatic hydroxyl groups is 1. The largest absolute Gasteiger partial charge is 0.508 e. The molecule has 0 aliphatic carbocycles. The highest BCUT2D eigenvalue weighted by Crippen LogP contribution is 2.21. The first-order valence-corrected chi connectivity index (χ1v) is 17.0. The maximum atomic E-state index is 12.8. The van der Waals surface area contributed by atoms with Crippen molar-refractivity contribution in [2.24, 2.45) is 11.5 Å². The Hall–Kier alpha value is -6.21. The number of phenols is 1. The van der Waals surface area contributed by atoms with E-state index >= 15 is 0 Å². The lowest BCUT2D eigenvalue weighted by atomic mass is 10.1. The Kier molecular flexibility index (Phi) is 15.4. The minimum atomic E-state index is -0.579. The van der Waals surface area contributed by atoms with Gasteiger partial charge in [0.1, 0.15) is 24.8 Å². The Balaban J connectivity index is 0.000000285. The fourth-order valence-electron chi connectivity index (χ4n) is 5.42. The van der Waals surface area contributed by atoms with Crippen molar-refractivity contribution in [2.45, 2.75) is 32.7 Å². The van der Waals surface area contributed by atoms with Crippen LogP contribution in [0.25, 0.3) is 22.2 Å². The molecule has 1 saturated heterocycles. The summed E-state index contributed by atoms with van der Waals surface area (Å²) in [5, 5.41) is 16.9. The van der Waals surface area contributed by atoms with Gasteiger partial charge in [0.15, 0.2) is 5.76 Å². The highest BCUT2D eigenvalue weighted by atomic mass is 16.5. The van der Waals surface area contributed by atoms with Gasteiger partial charge in [0.2, 0.25) is 11.8 Å². The van der Waals surface area contributed by atoms with E-state index in [-0.39, 0.29) is 31.4 Å². The molecule has 0 radical (unpaired) electrons. The van der Waals surface area contributed by atoms with Crippen LogP contribution in [-0.4, -0.2) is 69.5 Å². The van der Waals surface area contributed by atoms with E-state index in [1.807, 2.05) is 123 Å². The van der Waals surface area contributed by atoms with Crippen LogP contribution in [0.5, 0.6) is 5.75 Å². The van der Waals surface area contributed by atoms with Crippen LogP contribution in [0.15, 0.2) is 132 Å². The molecule has 6 aromatic rings. The quantitative estimate of drug-likeness (QED) is 0.171. The number of hydrogen-bond acceptors (Lipinski definition) is 10. The molecule has 0 bridgehead atoms. The average molecular weight is 716 g/mol. The molecule has 274 valence electrons. The summed E-state index contributed by atoms with van der Waals surface area (Å²) in [6.07, 6.45) is 1.17. The Morgan fingerprint density at radius 1 is 0.943 bits per heavy atom. The van der Waals surface area contributed by atoms with Gasteiger partial charge in [0, 0.05) is 36.3 Å². The van der Waals surface area contributed by atoms with Gasteiger partial charge < -0.3 is 41.0 Å². The number of phenolic OH excluding ortho intramolecular Hbond substituents is 1. The number of benzene rings is 4. The predicted octanol–water partition coefficient (Wildman–Crippen LogP) is 4.80. The number of carbonyl (C=O) groups excluding carboxylic acids is 3. The lowest BCUT2D eigenvalue weighted by Gasteiger charge is -2.39. The number of pyridine rings is 1. The van der Waals surface area contributed by atoms with Crippen molar-refractivity contribution < 1.29 is 24.0 Å². The predicted molar refractivity (Wildman–Crippen MR) is 205 cm³/mol. The topological polar surface area (TPSA) is 181 Å². The van der Waals surface area contributed by atoms with Crippen LogP contribution >= 0.6 is 0 Å². The Morgan fingerprint density at radius 3 is 2.30 bits per heavy atom. The van der Waals surface area contributed by atoms with Crippen LogP contribution in [0.4, 0.5) is 0 Å². The van der Waals surface area contributed by atoms with E-state index in [0.29, 0.717) is 31.1 Å². The number of amides is 2. The highest BCUT2D eigenvalue weighted by molar-refractivity contribution is 5.88. The molecule has 2 aromatic heterocycles. The number of hydrogen-bond donors (Lipinski definition) is 4. The molecular weight excluding hydrogens is 670 g/mol. The van der Waals surface area contributed by atoms with Gasteiger partial charge in [0.05, 0.1) is 31.3 Å². The SMILES string of the molecule is C=O.Cc1ccc(O)cc1.NC1CN(Cc2cccc3ncccc23)C(=O)CN1C(=O)CNCc1cc(-c2ccccc2)no1.NCc1ccccc1. The van der Waals surface area contributed by atoms with Crippen molar-refractivity contribution in [1.29, 1.82) is 0 Å². The molecule has 0 spiro atoms. The molecule has 12 heteroatoms.